The highest BCUT2D eigenvalue weighted by Crippen LogP contribution is 2.27. The Hall–Kier alpha value is -1.22. The van der Waals surface area contributed by atoms with Crippen molar-refractivity contribution in [1.82, 2.24) is 14.5 Å². The predicted octanol–water partition coefficient (Wildman–Crippen LogP) is 2.00. The summed E-state index contributed by atoms with van der Waals surface area (Å²) in [6.07, 6.45) is 4.62. The van der Waals surface area contributed by atoms with E-state index in [4.69, 9.17) is 0 Å². The first kappa shape index (κ1) is 21.5. The summed E-state index contributed by atoms with van der Waals surface area (Å²) in [4.78, 5) is 15.1. The fourth-order valence-electron chi connectivity index (χ4n) is 4.52. The van der Waals surface area contributed by atoms with Gasteiger partial charge in [-0.15, -0.1) is 12.4 Å². The average molecular weight is 432 g/mol. The van der Waals surface area contributed by atoms with Gasteiger partial charge in [-0.1, -0.05) is 0 Å². The monoisotopic (exact) mass is 431 g/mol. The molecule has 1 N–H and O–H groups in total. The van der Waals surface area contributed by atoms with Gasteiger partial charge >= 0.3 is 0 Å². The maximum Gasteiger partial charge on any atom is 0.243 e. The zero-order chi connectivity index (χ0) is 19.0. The van der Waals surface area contributed by atoms with Gasteiger partial charge in [0.15, 0.2) is 0 Å². The largest absolute Gasteiger partial charge is 0.341 e. The van der Waals surface area contributed by atoms with Crippen molar-refractivity contribution in [3.05, 3.63) is 30.1 Å². The lowest BCUT2D eigenvalue weighted by Gasteiger charge is -2.35. The third-order valence-corrected chi connectivity index (χ3v) is 7.90. The van der Waals surface area contributed by atoms with E-state index in [9.17, 15) is 17.6 Å². The van der Waals surface area contributed by atoms with Gasteiger partial charge in [-0.2, -0.15) is 4.31 Å². The number of hydrogen-bond acceptors (Lipinski definition) is 4. The predicted molar refractivity (Wildman–Crippen MR) is 106 cm³/mol. The highest BCUT2D eigenvalue weighted by molar-refractivity contribution is 7.89. The molecule has 3 unspecified atom stereocenters. The highest BCUT2D eigenvalue weighted by atomic mass is 35.5. The van der Waals surface area contributed by atoms with Gasteiger partial charge in [-0.05, 0) is 56.4 Å². The minimum absolute atomic E-state index is 0. The van der Waals surface area contributed by atoms with Gasteiger partial charge in [0, 0.05) is 38.3 Å². The Morgan fingerprint density at radius 3 is 2.46 bits per heavy atom. The Kier molecular flexibility index (Phi) is 6.64. The molecule has 4 rings (SSSR count). The number of rotatable bonds is 3. The number of carbonyl (C=O) groups is 1. The van der Waals surface area contributed by atoms with Crippen molar-refractivity contribution in [2.75, 3.05) is 26.2 Å². The van der Waals surface area contributed by atoms with Gasteiger partial charge in [0.2, 0.25) is 15.9 Å². The molecule has 0 spiro atoms. The smallest absolute Gasteiger partial charge is 0.243 e. The van der Waals surface area contributed by atoms with E-state index in [1.807, 2.05) is 4.90 Å². The molecule has 9 heteroatoms. The van der Waals surface area contributed by atoms with Crippen molar-refractivity contribution >= 4 is 28.3 Å². The molecular weight excluding hydrogens is 405 g/mol. The summed E-state index contributed by atoms with van der Waals surface area (Å²) in [5.41, 5.74) is 0. The van der Waals surface area contributed by atoms with Crippen LogP contribution in [0.15, 0.2) is 29.2 Å². The molecule has 3 aliphatic heterocycles. The van der Waals surface area contributed by atoms with Crippen molar-refractivity contribution < 1.29 is 17.6 Å². The topological polar surface area (TPSA) is 69.7 Å². The molecule has 1 amide bonds. The van der Waals surface area contributed by atoms with E-state index < -0.39 is 15.8 Å². The van der Waals surface area contributed by atoms with Crippen LogP contribution in [0.2, 0.25) is 0 Å². The fourth-order valence-corrected chi connectivity index (χ4v) is 6.04. The average Bonchev–Trinajstić information content (AvgIpc) is 3.00. The molecule has 1 aromatic rings. The number of nitrogens with zero attached hydrogens (tertiary/aromatic N) is 2. The van der Waals surface area contributed by atoms with E-state index in [0.29, 0.717) is 31.5 Å². The van der Waals surface area contributed by atoms with Crippen LogP contribution < -0.4 is 5.32 Å². The van der Waals surface area contributed by atoms with Crippen LogP contribution in [0.4, 0.5) is 4.39 Å². The molecule has 3 aliphatic rings. The minimum Gasteiger partial charge on any atom is -0.341 e. The lowest BCUT2D eigenvalue weighted by molar-refractivity contribution is -0.136. The van der Waals surface area contributed by atoms with Gasteiger partial charge in [-0.25, -0.2) is 12.8 Å². The standard InChI is InChI=1S/C19H26FN3O3S.ClH/c20-15-3-7-18(8-4-15)27(25,26)23-10-1-2-14(12-23)19(24)22-11-9-16-5-6-17(13-22)21-16;/h3-4,7-8,14,16-17,21H,1-2,5-6,9-13H2;1H. The zero-order valence-corrected chi connectivity index (χ0v) is 17.4. The molecule has 0 aliphatic carbocycles. The number of nitrogens with one attached hydrogen (secondary N) is 1. The maximum absolute atomic E-state index is 13.1. The molecular formula is C19H27ClFN3O3S. The van der Waals surface area contributed by atoms with Crippen LogP contribution in [-0.4, -0.2) is 61.8 Å². The first-order valence-corrected chi connectivity index (χ1v) is 11.2. The van der Waals surface area contributed by atoms with Crippen LogP contribution in [-0.2, 0) is 14.8 Å². The molecule has 3 heterocycles. The van der Waals surface area contributed by atoms with Crippen LogP contribution in [0, 0.1) is 11.7 Å². The summed E-state index contributed by atoms with van der Waals surface area (Å²) in [5.74, 6) is -0.696. The fraction of sp³-hybridized carbons (Fsp3) is 0.632. The number of piperidine rings is 1. The summed E-state index contributed by atoms with van der Waals surface area (Å²) < 4.78 is 40.2. The summed E-state index contributed by atoms with van der Waals surface area (Å²) in [6.45, 7) is 2.07. The number of likely N-dealkylation sites (tertiary alicyclic amines) is 1. The van der Waals surface area contributed by atoms with E-state index in [0.717, 1.165) is 38.1 Å². The molecule has 2 bridgehead atoms. The van der Waals surface area contributed by atoms with Crippen molar-refractivity contribution in [3.8, 4) is 0 Å². The van der Waals surface area contributed by atoms with Crippen LogP contribution in [0.1, 0.15) is 32.1 Å². The number of benzene rings is 1. The number of hydrogen-bond donors (Lipinski definition) is 1. The lowest BCUT2D eigenvalue weighted by Crippen LogP contribution is -2.48. The van der Waals surface area contributed by atoms with E-state index in [2.05, 4.69) is 5.32 Å². The lowest BCUT2D eigenvalue weighted by atomic mass is 9.97. The van der Waals surface area contributed by atoms with Crippen molar-refractivity contribution in [2.24, 2.45) is 5.92 Å². The summed E-state index contributed by atoms with van der Waals surface area (Å²) >= 11 is 0. The zero-order valence-electron chi connectivity index (χ0n) is 15.7. The van der Waals surface area contributed by atoms with Crippen molar-refractivity contribution in [1.29, 1.82) is 0 Å². The number of sulfonamides is 1. The molecule has 0 aromatic heterocycles. The molecule has 156 valence electrons. The Morgan fingerprint density at radius 2 is 1.71 bits per heavy atom. The first-order chi connectivity index (χ1) is 12.9. The normalized spacial score (nSPS) is 28.5. The van der Waals surface area contributed by atoms with Crippen LogP contribution in [0.3, 0.4) is 0 Å². The Labute approximate surface area is 171 Å². The number of halogens is 2. The van der Waals surface area contributed by atoms with Gasteiger partial charge in [0.05, 0.1) is 10.8 Å². The van der Waals surface area contributed by atoms with Gasteiger partial charge in [0.25, 0.3) is 0 Å². The summed E-state index contributed by atoms with van der Waals surface area (Å²) in [7, 11) is -3.71. The Bertz CT molecular complexity index is 805. The molecule has 1 aromatic carbocycles. The molecule has 0 radical (unpaired) electrons. The van der Waals surface area contributed by atoms with Gasteiger partial charge in [-0.3, -0.25) is 4.79 Å². The molecule has 3 atom stereocenters. The van der Waals surface area contributed by atoms with Gasteiger partial charge < -0.3 is 10.2 Å². The number of fused-ring (bicyclic) bond motifs is 2. The van der Waals surface area contributed by atoms with E-state index in [-0.39, 0.29) is 35.7 Å². The molecule has 6 nitrogen and oxygen atoms in total. The maximum atomic E-state index is 13.1. The van der Waals surface area contributed by atoms with E-state index >= 15 is 0 Å². The molecule has 3 saturated heterocycles. The van der Waals surface area contributed by atoms with Gasteiger partial charge in [0.1, 0.15) is 5.82 Å². The molecule has 3 fully saturated rings. The number of carbonyl (C=O) groups excluding carboxylic acids is 1. The van der Waals surface area contributed by atoms with Crippen LogP contribution in [0.5, 0.6) is 0 Å². The minimum atomic E-state index is -3.71. The second kappa shape index (κ2) is 8.65. The second-order valence-electron chi connectivity index (χ2n) is 7.87. The van der Waals surface area contributed by atoms with Crippen LogP contribution in [0.25, 0.3) is 0 Å². The third-order valence-electron chi connectivity index (χ3n) is 6.02. The van der Waals surface area contributed by atoms with E-state index in [1.165, 1.54) is 22.9 Å². The molecule has 28 heavy (non-hydrogen) atoms. The van der Waals surface area contributed by atoms with Crippen molar-refractivity contribution in [2.45, 2.75) is 49.1 Å². The quantitative estimate of drug-likeness (QED) is 0.794. The van der Waals surface area contributed by atoms with E-state index in [1.54, 1.807) is 0 Å². The summed E-state index contributed by atoms with van der Waals surface area (Å²) in [5, 5.41) is 3.57. The SMILES string of the molecule is Cl.O=C(C1CCCN(S(=O)(=O)c2ccc(F)cc2)C1)N1CCC2CCC(C1)N2. The molecule has 0 saturated carbocycles. The summed E-state index contributed by atoms with van der Waals surface area (Å²) in [6, 6.07) is 5.75. The Balaban J connectivity index is 0.00000225. The number of amides is 1. The highest BCUT2D eigenvalue weighted by Gasteiger charge is 2.37. The second-order valence-corrected chi connectivity index (χ2v) is 9.80. The third kappa shape index (κ3) is 4.35. The van der Waals surface area contributed by atoms with Crippen molar-refractivity contribution in [3.63, 3.8) is 0 Å². The van der Waals surface area contributed by atoms with Crippen LogP contribution >= 0.6 is 12.4 Å². The Morgan fingerprint density at radius 1 is 1.00 bits per heavy atom. The first-order valence-electron chi connectivity index (χ1n) is 9.74.